The van der Waals surface area contributed by atoms with E-state index in [2.05, 4.69) is 5.32 Å². The molecule has 1 fully saturated rings. The van der Waals surface area contributed by atoms with Crippen molar-refractivity contribution < 1.29 is 27.1 Å². The van der Waals surface area contributed by atoms with E-state index in [9.17, 15) is 17.6 Å². The summed E-state index contributed by atoms with van der Waals surface area (Å²) in [6, 6.07) is 4.63. The number of hydrogen-bond donors (Lipinski definition) is 1. The highest BCUT2D eigenvalue weighted by molar-refractivity contribution is 7.91. The maximum Gasteiger partial charge on any atom is 0.319 e. The van der Waals surface area contributed by atoms with Gasteiger partial charge in [-0.25, -0.2) is 12.8 Å². The minimum Gasteiger partial charge on any atom is -0.490 e. The summed E-state index contributed by atoms with van der Waals surface area (Å²) in [6.07, 6.45) is 5.53. The van der Waals surface area contributed by atoms with Crippen molar-refractivity contribution in [3.63, 3.8) is 0 Å². The number of esters is 1. The molecule has 1 aliphatic carbocycles. The lowest BCUT2D eigenvalue weighted by atomic mass is 10.0. The molecule has 1 aromatic carbocycles. The number of rotatable bonds is 16. The largest absolute Gasteiger partial charge is 0.490 e. The van der Waals surface area contributed by atoms with Crippen LogP contribution in [-0.4, -0.2) is 52.2 Å². The molecule has 1 N–H and O–H groups in total. The molecule has 0 saturated heterocycles. The summed E-state index contributed by atoms with van der Waals surface area (Å²) in [4.78, 5) is 11.2. The van der Waals surface area contributed by atoms with Crippen molar-refractivity contribution in [2.75, 3.05) is 37.8 Å². The van der Waals surface area contributed by atoms with Crippen molar-refractivity contribution in [1.82, 2.24) is 5.32 Å². The first-order chi connectivity index (χ1) is 14.8. The molecule has 0 radical (unpaired) electrons. The standard InChI is InChI=1S/C23H36FNO5S/c1-3-29-23(26)16-25-12-5-4-6-14-31(27,28)17-18(2)20-9-10-21(24)22(15-20)30-13-11-19-7-8-19/h9-10,15,18-19,25H,3-8,11-14,16-17H2,1-2H3/t18-/m1/s1. The van der Waals surface area contributed by atoms with Gasteiger partial charge in [-0.2, -0.15) is 0 Å². The van der Waals surface area contributed by atoms with E-state index in [0.717, 1.165) is 24.8 Å². The Morgan fingerprint density at radius 1 is 1.26 bits per heavy atom. The zero-order valence-electron chi connectivity index (χ0n) is 18.7. The molecular formula is C23H36FNO5S. The van der Waals surface area contributed by atoms with Crippen molar-refractivity contribution in [3.8, 4) is 5.75 Å². The Kier molecular flexibility index (Phi) is 10.7. The molecule has 0 unspecified atom stereocenters. The molecule has 2 rings (SSSR count). The zero-order valence-corrected chi connectivity index (χ0v) is 19.5. The summed E-state index contributed by atoms with van der Waals surface area (Å²) in [5.41, 5.74) is 0.773. The maximum absolute atomic E-state index is 14.0. The van der Waals surface area contributed by atoms with Gasteiger partial charge in [0.25, 0.3) is 0 Å². The molecule has 0 bridgehead atoms. The minimum absolute atomic E-state index is 0.0290. The van der Waals surface area contributed by atoms with Gasteiger partial charge in [0.2, 0.25) is 0 Å². The van der Waals surface area contributed by atoms with Crippen molar-refractivity contribution in [2.45, 2.75) is 58.3 Å². The first-order valence-electron chi connectivity index (χ1n) is 11.3. The van der Waals surface area contributed by atoms with Gasteiger partial charge in [-0.1, -0.05) is 32.3 Å². The third-order valence-electron chi connectivity index (χ3n) is 5.39. The first-order valence-corrected chi connectivity index (χ1v) is 13.1. The number of sulfone groups is 1. The van der Waals surface area contributed by atoms with Crippen LogP contribution < -0.4 is 10.1 Å². The second-order valence-corrected chi connectivity index (χ2v) is 10.6. The SMILES string of the molecule is CCOC(=O)CNCCCCCS(=O)(=O)C[C@@H](C)c1ccc(F)c(OCCC2CC2)c1. The third-order valence-corrected chi connectivity index (χ3v) is 7.31. The number of hydrogen-bond acceptors (Lipinski definition) is 6. The first kappa shape index (κ1) is 25.6. The van der Waals surface area contributed by atoms with Crippen molar-refractivity contribution in [2.24, 2.45) is 5.92 Å². The van der Waals surface area contributed by atoms with E-state index in [-0.39, 0.29) is 35.7 Å². The summed E-state index contributed by atoms with van der Waals surface area (Å²) in [6.45, 7) is 5.29. The number of nitrogens with one attached hydrogen (secondary N) is 1. The van der Waals surface area contributed by atoms with Crippen LogP contribution in [0.15, 0.2) is 18.2 Å². The average Bonchev–Trinajstić information content (AvgIpc) is 3.53. The van der Waals surface area contributed by atoms with Gasteiger partial charge in [0, 0.05) is 0 Å². The Labute approximate surface area is 185 Å². The molecule has 1 saturated carbocycles. The van der Waals surface area contributed by atoms with Gasteiger partial charge in [0.15, 0.2) is 21.4 Å². The second kappa shape index (κ2) is 13.0. The molecule has 176 valence electrons. The molecule has 0 aromatic heterocycles. The second-order valence-electron chi connectivity index (χ2n) is 8.33. The van der Waals surface area contributed by atoms with E-state index < -0.39 is 15.7 Å². The van der Waals surface area contributed by atoms with Gasteiger partial charge in [0.1, 0.15) is 0 Å². The van der Waals surface area contributed by atoms with Crippen LogP contribution in [0.5, 0.6) is 5.75 Å². The van der Waals surface area contributed by atoms with E-state index in [1.54, 1.807) is 19.1 Å². The van der Waals surface area contributed by atoms with Crippen LogP contribution in [-0.2, 0) is 19.4 Å². The minimum atomic E-state index is -3.21. The fraction of sp³-hybridized carbons (Fsp3) is 0.696. The Morgan fingerprint density at radius 3 is 2.74 bits per heavy atom. The van der Waals surface area contributed by atoms with Crippen LogP contribution in [0.2, 0.25) is 0 Å². The predicted octanol–water partition coefficient (Wildman–Crippen LogP) is 3.85. The molecule has 0 heterocycles. The highest BCUT2D eigenvalue weighted by Gasteiger charge is 2.22. The zero-order chi connectivity index (χ0) is 22.7. The number of carbonyl (C=O) groups excluding carboxylic acids is 1. The third kappa shape index (κ3) is 10.5. The van der Waals surface area contributed by atoms with Crippen molar-refractivity contribution in [3.05, 3.63) is 29.6 Å². The van der Waals surface area contributed by atoms with E-state index in [4.69, 9.17) is 9.47 Å². The van der Waals surface area contributed by atoms with E-state index >= 15 is 0 Å². The molecule has 31 heavy (non-hydrogen) atoms. The molecule has 1 atom stereocenters. The molecule has 0 spiro atoms. The van der Waals surface area contributed by atoms with Crippen LogP contribution in [0.1, 0.15) is 63.9 Å². The lowest BCUT2D eigenvalue weighted by Crippen LogP contribution is -2.25. The van der Waals surface area contributed by atoms with Gasteiger partial charge in [-0.15, -0.1) is 0 Å². The average molecular weight is 458 g/mol. The smallest absolute Gasteiger partial charge is 0.319 e. The number of unbranched alkanes of at least 4 members (excludes halogenated alkanes) is 2. The quantitative estimate of drug-likeness (QED) is 0.300. The van der Waals surface area contributed by atoms with E-state index in [1.165, 1.54) is 18.9 Å². The van der Waals surface area contributed by atoms with Crippen LogP contribution in [0.4, 0.5) is 4.39 Å². The number of halogens is 1. The summed E-state index contributed by atoms with van der Waals surface area (Å²) >= 11 is 0. The molecule has 0 aliphatic heterocycles. The van der Waals surface area contributed by atoms with Crippen LogP contribution in [0.25, 0.3) is 0 Å². The van der Waals surface area contributed by atoms with Crippen LogP contribution in [0.3, 0.4) is 0 Å². The van der Waals surface area contributed by atoms with Gasteiger partial charge >= 0.3 is 5.97 Å². The lowest BCUT2D eigenvalue weighted by Gasteiger charge is -2.15. The van der Waals surface area contributed by atoms with Gasteiger partial charge < -0.3 is 14.8 Å². The molecule has 1 aliphatic rings. The molecule has 6 nitrogen and oxygen atoms in total. The number of carbonyl (C=O) groups is 1. The summed E-state index contributed by atoms with van der Waals surface area (Å²) in [5, 5.41) is 2.99. The number of ether oxygens (including phenoxy) is 2. The normalized spacial score (nSPS) is 14.9. The Bertz CT molecular complexity index is 795. The molecular weight excluding hydrogens is 421 g/mol. The van der Waals surface area contributed by atoms with Crippen molar-refractivity contribution in [1.29, 1.82) is 0 Å². The monoisotopic (exact) mass is 457 g/mol. The van der Waals surface area contributed by atoms with Gasteiger partial charge in [0.05, 0.1) is 31.3 Å². The molecule has 0 amide bonds. The van der Waals surface area contributed by atoms with E-state index in [1.807, 2.05) is 6.92 Å². The van der Waals surface area contributed by atoms with E-state index in [0.29, 0.717) is 32.1 Å². The Balaban J connectivity index is 1.69. The molecule has 1 aromatic rings. The summed E-state index contributed by atoms with van der Waals surface area (Å²) in [5.74, 6) is 0.147. The van der Waals surface area contributed by atoms with Crippen LogP contribution in [0, 0.1) is 11.7 Å². The fourth-order valence-electron chi connectivity index (χ4n) is 3.39. The predicted molar refractivity (Wildman–Crippen MR) is 120 cm³/mol. The maximum atomic E-state index is 14.0. The van der Waals surface area contributed by atoms with Gasteiger partial charge in [-0.3, -0.25) is 4.79 Å². The van der Waals surface area contributed by atoms with Crippen LogP contribution >= 0.6 is 0 Å². The summed E-state index contributed by atoms with van der Waals surface area (Å²) in [7, 11) is -3.21. The highest BCUT2D eigenvalue weighted by atomic mass is 32.2. The topological polar surface area (TPSA) is 81.7 Å². The Hall–Kier alpha value is -1.67. The van der Waals surface area contributed by atoms with Crippen molar-refractivity contribution >= 4 is 15.8 Å². The molecule has 8 heteroatoms. The highest BCUT2D eigenvalue weighted by Crippen LogP contribution is 2.33. The summed E-state index contributed by atoms with van der Waals surface area (Å²) < 4.78 is 49.4. The number of benzene rings is 1. The van der Waals surface area contributed by atoms with Gasteiger partial charge in [-0.05, 0) is 62.3 Å². The fourth-order valence-corrected chi connectivity index (χ4v) is 5.16. The Morgan fingerprint density at radius 2 is 2.03 bits per heavy atom. The lowest BCUT2D eigenvalue weighted by molar-refractivity contribution is -0.141.